The largest absolute Gasteiger partial charge is 0.494 e. The highest BCUT2D eigenvalue weighted by Crippen LogP contribution is 2.33. The SMILES string of the molecule is COC(=O)c1cc2[nH]c(O)c(C(=Nc3ccc(C(=O)N(C)OCCN(C)CCO)cc3)c3ccccc3)c2cc1C. The number of carbonyl (C=O) groups excluding carboxylic acids is 2. The maximum atomic E-state index is 12.8. The molecule has 1 aromatic heterocycles. The maximum absolute atomic E-state index is 12.8. The van der Waals surface area contributed by atoms with Gasteiger partial charge in [0.25, 0.3) is 5.91 Å². The highest BCUT2D eigenvalue weighted by Gasteiger charge is 2.21. The van der Waals surface area contributed by atoms with Gasteiger partial charge in [-0.3, -0.25) is 9.63 Å². The summed E-state index contributed by atoms with van der Waals surface area (Å²) in [4.78, 5) is 40.4. The summed E-state index contributed by atoms with van der Waals surface area (Å²) in [5.41, 5.74) is 4.46. The molecule has 0 aliphatic heterocycles. The summed E-state index contributed by atoms with van der Waals surface area (Å²) in [5.74, 6) is -0.851. The number of carbonyl (C=O) groups is 2. The molecule has 0 aliphatic rings. The first kappa shape index (κ1) is 29.5. The molecule has 0 unspecified atom stereocenters. The number of nitrogens with zero attached hydrogens (tertiary/aromatic N) is 3. The average molecular weight is 559 g/mol. The van der Waals surface area contributed by atoms with Crippen LogP contribution >= 0.6 is 0 Å². The molecule has 10 heteroatoms. The number of fused-ring (bicyclic) bond motifs is 1. The first-order valence-electron chi connectivity index (χ1n) is 13.1. The number of hydrogen-bond donors (Lipinski definition) is 3. The summed E-state index contributed by atoms with van der Waals surface area (Å²) < 4.78 is 4.89. The van der Waals surface area contributed by atoms with Gasteiger partial charge in [0.2, 0.25) is 0 Å². The van der Waals surface area contributed by atoms with Gasteiger partial charge in [0, 0.05) is 42.2 Å². The Morgan fingerprint density at radius 3 is 2.34 bits per heavy atom. The van der Waals surface area contributed by atoms with Crippen LogP contribution in [0.1, 0.15) is 37.4 Å². The number of amides is 1. The quantitative estimate of drug-likeness (QED) is 0.144. The third-order valence-electron chi connectivity index (χ3n) is 6.69. The number of H-pyrrole nitrogens is 1. The van der Waals surface area contributed by atoms with E-state index in [0.29, 0.717) is 64.3 Å². The molecule has 1 amide bonds. The number of aromatic hydroxyl groups is 1. The number of aliphatic imine (C=N–C) groups is 1. The van der Waals surface area contributed by atoms with Crippen molar-refractivity contribution in [3.63, 3.8) is 0 Å². The summed E-state index contributed by atoms with van der Waals surface area (Å²) in [7, 11) is 4.75. The molecule has 214 valence electrons. The fourth-order valence-electron chi connectivity index (χ4n) is 4.43. The zero-order valence-electron chi connectivity index (χ0n) is 23.5. The topological polar surface area (TPSA) is 128 Å². The molecular weight excluding hydrogens is 524 g/mol. The van der Waals surface area contributed by atoms with E-state index in [4.69, 9.17) is 19.7 Å². The maximum Gasteiger partial charge on any atom is 0.338 e. The number of benzene rings is 3. The molecule has 4 aromatic rings. The van der Waals surface area contributed by atoms with Gasteiger partial charge in [-0.15, -0.1) is 0 Å². The fraction of sp³-hybridized carbons (Fsp3) is 0.258. The molecule has 0 bridgehead atoms. The predicted octanol–water partition coefficient (Wildman–Crippen LogP) is 4.07. The number of ether oxygens (including phenoxy) is 1. The van der Waals surface area contributed by atoms with Gasteiger partial charge in [0.1, 0.15) is 0 Å². The minimum atomic E-state index is -0.461. The van der Waals surface area contributed by atoms with Crippen molar-refractivity contribution in [2.24, 2.45) is 4.99 Å². The van der Waals surface area contributed by atoms with Crippen LogP contribution in [0.5, 0.6) is 5.88 Å². The minimum Gasteiger partial charge on any atom is -0.494 e. The molecule has 0 aliphatic carbocycles. The zero-order chi connectivity index (χ0) is 29.5. The van der Waals surface area contributed by atoms with Crippen LogP contribution in [0.25, 0.3) is 10.9 Å². The number of hydrogen-bond acceptors (Lipinski definition) is 8. The van der Waals surface area contributed by atoms with Gasteiger partial charge in [-0.05, 0) is 55.9 Å². The molecule has 10 nitrogen and oxygen atoms in total. The number of likely N-dealkylation sites (N-methyl/N-ethyl adjacent to an activating group) is 1. The highest BCUT2D eigenvalue weighted by molar-refractivity contribution is 6.22. The first-order valence-corrected chi connectivity index (χ1v) is 13.1. The Labute approximate surface area is 238 Å². The number of aryl methyl sites for hydroxylation is 1. The van der Waals surface area contributed by atoms with E-state index in [1.165, 1.54) is 12.2 Å². The van der Waals surface area contributed by atoms with Gasteiger partial charge in [0.05, 0.1) is 42.8 Å². The smallest absolute Gasteiger partial charge is 0.338 e. The summed E-state index contributed by atoms with van der Waals surface area (Å²) in [6.07, 6.45) is 0. The molecule has 0 radical (unpaired) electrons. The van der Waals surface area contributed by atoms with E-state index in [0.717, 1.165) is 5.56 Å². The van der Waals surface area contributed by atoms with E-state index in [-0.39, 0.29) is 18.4 Å². The van der Waals surface area contributed by atoms with Crippen molar-refractivity contribution in [2.75, 3.05) is 47.5 Å². The van der Waals surface area contributed by atoms with E-state index < -0.39 is 5.97 Å². The minimum absolute atomic E-state index is 0.0575. The molecule has 0 spiro atoms. The van der Waals surface area contributed by atoms with E-state index in [9.17, 15) is 14.7 Å². The Kier molecular flexibility index (Phi) is 9.51. The van der Waals surface area contributed by atoms with E-state index >= 15 is 0 Å². The number of hydroxylamine groups is 2. The van der Waals surface area contributed by atoms with Crippen molar-refractivity contribution in [1.29, 1.82) is 0 Å². The Bertz CT molecular complexity index is 1550. The molecule has 3 N–H and O–H groups in total. The van der Waals surface area contributed by atoms with Gasteiger partial charge >= 0.3 is 5.97 Å². The number of aliphatic hydroxyl groups excluding tert-OH is 1. The highest BCUT2D eigenvalue weighted by atomic mass is 16.7. The molecule has 1 heterocycles. The molecule has 0 saturated carbocycles. The van der Waals surface area contributed by atoms with Gasteiger partial charge < -0.3 is 24.8 Å². The molecule has 4 rings (SSSR count). The number of aromatic nitrogens is 1. The van der Waals surface area contributed by atoms with Crippen molar-refractivity contribution in [2.45, 2.75) is 6.92 Å². The third-order valence-corrected chi connectivity index (χ3v) is 6.69. The van der Waals surface area contributed by atoms with Crippen LogP contribution in [0.2, 0.25) is 0 Å². The van der Waals surface area contributed by atoms with Crippen LogP contribution in [0.15, 0.2) is 71.7 Å². The molecule has 41 heavy (non-hydrogen) atoms. The van der Waals surface area contributed by atoms with Crippen molar-refractivity contribution in [3.05, 3.63) is 94.5 Å². The Morgan fingerprint density at radius 1 is 0.976 bits per heavy atom. The number of methoxy groups -OCH3 is 1. The number of esters is 1. The monoisotopic (exact) mass is 558 g/mol. The predicted molar refractivity (Wildman–Crippen MR) is 157 cm³/mol. The number of rotatable bonds is 11. The fourth-order valence-corrected chi connectivity index (χ4v) is 4.43. The van der Waals surface area contributed by atoms with Crippen LogP contribution in [-0.2, 0) is 9.57 Å². The summed E-state index contributed by atoms with van der Waals surface area (Å²) in [5, 5.41) is 21.9. The molecule has 0 saturated heterocycles. The van der Waals surface area contributed by atoms with Crippen LogP contribution in [0, 0.1) is 6.92 Å². The lowest BCUT2D eigenvalue weighted by molar-refractivity contribution is -0.109. The van der Waals surface area contributed by atoms with E-state index in [2.05, 4.69) is 4.98 Å². The van der Waals surface area contributed by atoms with E-state index in [1.54, 1.807) is 37.4 Å². The number of nitrogens with one attached hydrogen (secondary N) is 1. The Balaban J connectivity index is 1.65. The van der Waals surface area contributed by atoms with Crippen molar-refractivity contribution < 1.29 is 29.4 Å². The van der Waals surface area contributed by atoms with Crippen LogP contribution in [0.3, 0.4) is 0 Å². The van der Waals surface area contributed by atoms with Crippen LogP contribution in [0.4, 0.5) is 5.69 Å². The lowest BCUT2D eigenvalue weighted by atomic mass is 9.98. The van der Waals surface area contributed by atoms with Crippen LogP contribution in [-0.4, -0.2) is 90.3 Å². The lowest BCUT2D eigenvalue weighted by Crippen LogP contribution is -2.32. The number of aromatic amines is 1. The molecular formula is C31H34N4O6. The zero-order valence-corrected chi connectivity index (χ0v) is 23.5. The first-order chi connectivity index (χ1) is 19.7. The second-order valence-electron chi connectivity index (χ2n) is 9.59. The lowest BCUT2D eigenvalue weighted by Gasteiger charge is -2.20. The average Bonchev–Trinajstić information content (AvgIpc) is 3.29. The normalized spacial score (nSPS) is 11.7. The van der Waals surface area contributed by atoms with Crippen molar-refractivity contribution in [1.82, 2.24) is 14.9 Å². The Morgan fingerprint density at radius 2 is 1.68 bits per heavy atom. The molecule has 0 atom stereocenters. The number of aliphatic hydroxyl groups is 1. The van der Waals surface area contributed by atoms with Crippen LogP contribution < -0.4 is 0 Å². The van der Waals surface area contributed by atoms with Gasteiger partial charge in [0.15, 0.2) is 5.88 Å². The second kappa shape index (κ2) is 13.2. The molecule has 3 aromatic carbocycles. The third kappa shape index (κ3) is 6.80. The summed E-state index contributed by atoms with van der Waals surface area (Å²) in [6.45, 7) is 3.26. The van der Waals surface area contributed by atoms with E-state index in [1.807, 2.05) is 55.3 Å². The summed E-state index contributed by atoms with van der Waals surface area (Å²) >= 11 is 0. The van der Waals surface area contributed by atoms with Crippen molar-refractivity contribution in [3.8, 4) is 5.88 Å². The second-order valence-corrected chi connectivity index (χ2v) is 9.59. The molecule has 0 fully saturated rings. The van der Waals surface area contributed by atoms with Crippen molar-refractivity contribution >= 4 is 34.2 Å². The van der Waals surface area contributed by atoms with Gasteiger partial charge in [-0.1, -0.05) is 30.3 Å². The Hall–Kier alpha value is -4.51. The standard InChI is InChI=1S/C31H34N4O6/c1-20-18-25-26(19-24(20)31(39)40-4)33-29(37)27(25)28(21-8-6-5-7-9-21)32-23-12-10-22(11-13-23)30(38)35(3)41-17-15-34(2)14-16-36/h5-13,18-19,33,36-37H,14-17H2,1-4H3. The van der Waals surface area contributed by atoms with Gasteiger partial charge in [-0.2, -0.15) is 0 Å². The summed E-state index contributed by atoms with van der Waals surface area (Å²) in [6, 6.07) is 19.7. The van der Waals surface area contributed by atoms with Gasteiger partial charge in [-0.25, -0.2) is 14.9 Å².